The molecule has 0 radical (unpaired) electrons. The van der Waals surface area contributed by atoms with Gasteiger partial charge in [-0.25, -0.2) is 4.98 Å². The van der Waals surface area contributed by atoms with Crippen molar-refractivity contribution < 1.29 is 14.3 Å². The number of nitrogens with zero attached hydrogens (tertiary/aromatic N) is 2. The molecule has 0 bridgehead atoms. The summed E-state index contributed by atoms with van der Waals surface area (Å²) >= 11 is 0. The molecule has 1 N–H and O–H groups in total. The second-order valence-electron chi connectivity index (χ2n) is 5.79. The van der Waals surface area contributed by atoms with Crippen LogP contribution in [0.1, 0.15) is 29.9 Å². The fourth-order valence-electron chi connectivity index (χ4n) is 2.72. The fourth-order valence-corrected chi connectivity index (χ4v) is 2.72. The molecule has 1 aromatic carbocycles. The number of fused-ring (bicyclic) bond motifs is 1. The first kappa shape index (κ1) is 18.4. The number of aryl methyl sites for hydroxylation is 1. The number of rotatable bonds is 6. The standard InChI is InChI=1S/C20H21N3O4/c1-4-26-15-10-9-14(12-16(15)27-5-2)19(24)22-18-13(3)21-17-8-6-7-11-23(17)20(18)25/h6-12H,4-5H2,1-3H3,(H,22,24). The van der Waals surface area contributed by atoms with E-state index in [0.29, 0.717) is 41.6 Å². The Labute approximate surface area is 156 Å². The molecule has 0 saturated heterocycles. The molecule has 27 heavy (non-hydrogen) atoms. The van der Waals surface area contributed by atoms with Crippen LogP contribution in [0.3, 0.4) is 0 Å². The zero-order chi connectivity index (χ0) is 19.4. The number of amides is 1. The van der Waals surface area contributed by atoms with Crippen molar-refractivity contribution in [3.63, 3.8) is 0 Å². The lowest BCUT2D eigenvalue weighted by molar-refractivity contribution is 0.102. The number of aromatic nitrogens is 2. The zero-order valence-corrected chi connectivity index (χ0v) is 15.5. The third-order valence-electron chi connectivity index (χ3n) is 3.96. The molecule has 0 fully saturated rings. The Bertz CT molecular complexity index is 1040. The molecule has 0 atom stereocenters. The van der Waals surface area contributed by atoms with Gasteiger partial charge < -0.3 is 14.8 Å². The number of hydrogen-bond acceptors (Lipinski definition) is 5. The van der Waals surface area contributed by atoms with Crippen molar-refractivity contribution in [2.75, 3.05) is 18.5 Å². The summed E-state index contributed by atoms with van der Waals surface area (Å²) in [5.41, 5.74) is 1.16. The highest BCUT2D eigenvalue weighted by Crippen LogP contribution is 2.28. The maximum Gasteiger partial charge on any atom is 0.281 e. The van der Waals surface area contributed by atoms with Gasteiger partial charge in [0.25, 0.3) is 11.5 Å². The van der Waals surface area contributed by atoms with Gasteiger partial charge in [-0.3, -0.25) is 14.0 Å². The summed E-state index contributed by atoms with van der Waals surface area (Å²) in [6, 6.07) is 10.2. The largest absolute Gasteiger partial charge is 0.490 e. The first-order valence-corrected chi connectivity index (χ1v) is 8.74. The zero-order valence-electron chi connectivity index (χ0n) is 15.5. The monoisotopic (exact) mass is 367 g/mol. The molecule has 0 aliphatic rings. The summed E-state index contributed by atoms with van der Waals surface area (Å²) in [5, 5.41) is 2.68. The molecule has 140 valence electrons. The highest BCUT2D eigenvalue weighted by atomic mass is 16.5. The van der Waals surface area contributed by atoms with E-state index in [0.717, 1.165) is 0 Å². The number of anilines is 1. The Hall–Kier alpha value is -3.35. The summed E-state index contributed by atoms with van der Waals surface area (Å²) in [6.45, 7) is 6.35. The van der Waals surface area contributed by atoms with Crippen molar-refractivity contribution in [3.8, 4) is 11.5 Å². The highest BCUT2D eigenvalue weighted by Gasteiger charge is 2.16. The van der Waals surface area contributed by atoms with Crippen molar-refractivity contribution in [3.05, 3.63) is 64.2 Å². The van der Waals surface area contributed by atoms with Crippen molar-refractivity contribution in [1.29, 1.82) is 0 Å². The lowest BCUT2D eigenvalue weighted by atomic mass is 10.2. The molecule has 0 unspecified atom stereocenters. The minimum Gasteiger partial charge on any atom is -0.490 e. The molecule has 7 nitrogen and oxygen atoms in total. The Morgan fingerprint density at radius 2 is 1.85 bits per heavy atom. The minimum atomic E-state index is -0.420. The molecule has 1 amide bonds. The van der Waals surface area contributed by atoms with Crippen LogP contribution in [0.25, 0.3) is 5.65 Å². The Morgan fingerprint density at radius 1 is 1.11 bits per heavy atom. The summed E-state index contributed by atoms with van der Waals surface area (Å²) in [6.07, 6.45) is 1.61. The third kappa shape index (κ3) is 3.76. The van der Waals surface area contributed by atoms with E-state index in [4.69, 9.17) is 9.47 Å². The number of pyridine rings is 1. The SMILES string of the molecule is CCOc1ccc(C(=O)Nc2c(C)nc3ccccn3c2=O)cc1OCC. The van der Waals surface area contributed by atoms with Gasteiger partial charge >= 0.3 is 0 Å². The predicted molar refractivity (Wildman–Crippen MR) is 103 cm³/mol. The number of carbonyl (C=O) groups is 1. The van der Waals surface area contributed by atoms with Crippen molar-refractivity contribution >= 4 is 17.2 Å². The van der Waals surface area contributed by atoms with Crippen molar-refractivity contribution in [2.24, 2.45) is 0 Å². The quantitative estimate of drug-likeness (QED) is 0.724. The molecule has 2 aromatic heterocycles. The molecule has 2 heterocycles. The number of ether oxygens (including phenoxy) is 2. The van der Waals surface area contributed by atoms with E-state index in [9.17, 15) is 9.59 Å². The first-order chi connectivity index (χ1) is 13.0. The topological polar surface area (TPSA) is 81.9 Å². The van der Waals surface area contributed by atoms with E-state index in [1.807, 2.05) is 13.8 Å². The van der Waals surface area contributed by atoms with Crippen LogP contribution < -0.4 is 20.3 Å². The van der Waals surface area contributed by atoms with Gasteiger partial charge in [0, 0.05) is 11.8 Å². The number of benzene rings is 1. The van der Waals surface area contributed by atoms with Crippen LogP contribution >= 0.6 is 0 Å². The first-order valence-electron chi connectivity index (χ1n) is 8.74. The van der Waals surface area contributed by atoms with Gasteiger partial charge in [0.05, 0.1) is 18.9 Å². The maximum absolute atomic E-state index is 12.7. The van der Waals surface area contributed by atoms with Gasteiger partial charge in [0.1, 0.15) is 11.3 Å². The lowest BCUT2D eigenvalue weighted by Gasteiger charge is -2.13. The van der Waals surface area contributed by atoms with Crippen LogP contribution in [0, 0.1) is 6.92 Å². The van der Waals surface area contributed by atoms with Crippen LogP contribution in [0.15, 0.2) is 47.4 Å². The van der Waals surface area contributed by atoms with Gasteiger partial charge in [-0.1, -0.05) is 6.07 Å². The van der Waals surface area contributed by atoms with Gasteiger partial charge in [-0.15, -0.1) is 0 Å². The number of hydrogen-bond donors (Lipinski definition) is 1. The Kier molecular flexibility index (Phi) is 5.40. The van der Waals surface area contributed by atoms with Gasteiger partial charge in [0.2, 0.25) is 0 Å². The number of nitrogens with one attached hydrogen (secondary N) is 1. The van der Waals surface area contributed by atoms with E-state index in [2.05, 4.69) is 10.3 Å². The molecular formula is C20H21N3O4. The van der Waals surface area contributed by atoms with Crippen molar-refractivity contribution in [2.45, 2.75) is 20.8 Å². The average molecular weight is 367 g/mol. The van der Waals surface area contributed by atoms with Crippen molar-refractivity contribution in [1.82, 2.24) is 9.38 Å². The van der Waals surface area contributed by atoms with Crippen LogP contribution in [0.2, 0.25) is 0 Å². The number of carbonyl (C=O) groups excluding carboxylic acids is 1. The van der Waals surface area contributed by atoms with E-state index >= 15 is 0 Å². The smallest absolute Gasteiger partial charge is 0.281 e. The van der Waals surface area contributed by atoms with Gasteiger partial charge in [-0.05, 0) is 51.1 Å². The summed E-state index contributed by atoms with van der Waals surface area (Å²) in [7, 11) is 0. The molecule has 0 saturated carbocycles. The Morgan fingerprint density at radius 3 is 2.59 bits per heavy atom. The van der Waals surface area contributed by atoms with E-state index < -0.39 is 5.91 Å². The van der Waals surface area contributed by atoms with Crippen LogP contribution in [-0.2, 0) is 0 Å². The van der Waals surface area contributed by atoms with E-state index in [1.165, 1.54) is 4.40 Å². The molecular weight excluding hydrogens is 346 g/mol. The molecule has 3 rings (SSSR count). The van der Waals surface area contributed by atoms with Crippen LogP contribution in [-0.4, -0.2) is 28.5 Å². The van der Waals surface area contributed by atoms with Crippen LogP contribution in [0.5, 0.6) is 11.5 Å². The highest BCUT2D eigenvalue weighted by molar-refractivity contribution is 6.04. The molecule has 3 aromatic rings. The van der Waals surface area contributed by atoms with Gasteiger partial charge in [0.15, 0.2) is 11.5 Å². The van der Waals surface area contributed by atoms with Crippen LogP contribution in [0.4, 0.5) is 5.69 Å². The molecule has 0 aliphatic heterocycles. The summed E-state index contributed by atoms with van der Waals surface area (Å²) in [4.78, 5) is 29.8. The fraction of sp³-hybridized carbons (Fsp3) is 0.250. The lowest BCUT2D eigenvalue weighted by Crippen LogP contribution is -2.25. The molecule has 0 spiro atoms. The van der Waals surface area contributed by atoms with E-state index in [1.54, 1.807) is 49.5 Å². The minimum absolute atomic E-state index is 0.149. The Balaban J connectivity index is 1.95. The maximum atomic E-state index is 12.7. The average Bonchev–Trinajstić information content (AvgIpc) is 2.66. The molecule has 0 aliphatic carbocycles. The summed E-state index contributed by atoms with van der Waals surface area (Å²) in [5.74, 6) is 0.633. The summed E-state index contributed by atoms with van der Waals surface area (Å²) < 4.78 is 12.5. The second-order valence-corrected chi connectivity index (χ2v) is 5.79. The predicted octanol–water partition coefficient (Wildman–Crippen LogP) is 3.05. The normalized spacial score (nSPS) is 10.6. The van der Waals surface area contributed by atoms with E-state index in [-0.39, 0.29) is 11.2 Å². The second kappa shape index (κ2) is 7.90. The van der Waals surface area contributed by atoms with Gasteiger partial charge in [-0.2, -0.15) is 0 Å². The molecule has 7 heteroatoms. The third-order valence-corrected chi connectivity index (χ3v) is 3.96.